The van der Waals surface area contributed by atoms with Crippen LogP contribution in [0.15, 0.2) is 0 Å². The fourth-order valence-electron chi connectivity index (χ4n) is 4.64. The minimum atomic E-state index is -3.51. The SMILES string of the molecule is O=C(OCC(F)(F)SOOO)C12CC3CC(C1)C(O)C(C3)C2. The molecule has 4 saturated carbocycles. The lowest BCUT2D eigenvalue weighted by Gasteiger charge is -2.57. The van der Waals surface area contributed by atoms with Crippen molar-refractivity contribution in [2.75, 3.05) is 6.61 Å². The summed E-state index contributed by atoms with van der Waals surface area (Å²) in [6.45, 7) is -1.15. The van der Waals surface area contributed by atoms with Gasteiger partial charge in [0, 0.05) is 0 Å². The standard InChI is InChI=1S/C13H18F2O6S/c14-13(15,22-21-20-18)6-19-11(17)12-3-7-1-8(4-12)10(16)9(2-7)5-12/h7-10,16,18H,1-6H2. The Morgan fingerprint density at radius 3 is 2.50 bits per heavy atom. The highest BCUT2D eigenvalue weighted by Crippen LogP contribution is 2.60. The molecule has 4 aliphatic carbocycles. The van der Waals surface area contributed by atoms with E-state index in [-0.39, 0.29) is 17.9 Å². The normalized spacial score (nSPS) is 40.0. The monoisotopic (exact) mass is 340 g/mol. The van der Waals surface area contributed by atoms with Crippen LogP contribution < -0.4 is 0 Å². The third-order valence-corrected chi connectivity index (χ3v) is 5.70. The average Bonchev–Trinajstić information content (AvgIpc) is 2.47. The van der Waals surface area contributed by atoms with Crippen molar-refractivity contribution in [1.29, 1.82) is 0 Å². The van der Waals surface area contributed by atoms with Crippen LogP contribution in [0.1, 0.15) is 32.1 Å². The minimum absolute atomic E-state index is 0.0693. The van der Waals surface area contributed by atoms with Gasteiger partial charge in [0.05, 0.1) is 11.5 Å². The Balaban J connectivity index is 1.61. The summed E-state index contributed by atoms with van der Waals surface area (Å²) in [7, 11) is 0. The molecule has 2 N–H and O–H groups in total. The zero-order valence-corrected chi connectivity index (χ0v) is 12.6. The smallest absolute Gasteiger partial charge is 0.354 e. The predicted octanol–water partition coefficient (Wildman–Crippen LogP) is 2.38. The summed E-state index contributed by atoms with van der Waals surface area (Å²) in [5.74, 6) is -0.113. The van der Waals surface area contributed by atoms with Crippen molar-refractivity contribution >= 4 is 18.0 Å². The summed E-state index contributed by atoms with van der Waals surface area (Å²) < 4.78 is 35.2. The molecule has 4 aliphatic rings. The summed E-state index contributed by atoms with van der Waals surface area (Å²) >= 11 is -0.425. The first-order valence-corrected chi connectivity index (χ1v) is 7.98. The molecule has 0 radical (unpaired) electrons. The van der Waals surface area contributed by atoms with E-state index < -0.39 is 35.3 Å². The van der Waals surface area contributed by atoms with Gasteiger partial charge in [0.1, 0.15) is 12.0 Å². The topological polar surface area (TPSA) is 85.2 Å². The summed E-state index contributed by atoms with van der Waals surface area (Å²) in [6.07, 6.45) is 3.09. The van der Waals surface area contributed by atoms with Gasteiger partial charge in [-0.3, -0.25) is 4.79 Å². The number of aliphatic hydroxyl groups excluding tert-OH is 1. The molecule has 4 rings (SSSR count). The molecule has 0 aromatic heterocycles. The van der Waals surface area contributed by atoms with Gasteiger partial charge in [-0.1, -0.05) is 5.04 Å². The molecule has 9 heteroatoms. The Morgan fingerprint density at radius 2 is 1.91 bits per heavy atom. The fraction of sp³-hybridized carbons (Fsp3) is 0.923. The Hall–Kier alpha value is -0.480. The third kappa shape index (κ3) is 2.96. The number of halogens is 2. The second kappa shape index (κ2) is 5.86. The Labute approximate surface area is 130 Å². The van der Waals surface area contributed by atoms with E-state index >= 15 is 0 Å². The number of esters is 1. The molecule has 0 aromatic carbocycles. The fourth-order valence-corrected chi connectivity index (χ4v) is 4.88. The molecule has 22 heavy (non-hydrogen) atoms. The summed E-state index contributed by atoms with van der Waals surface area (Å²) in [5, 5.41) is 17.6. The molecule has 0 spiro atoms. The van der Waals surface area contributed by atoms with Crippen LogP contribution in [-0.2, 0) is 18.9 Å². The second-order valence-electron chi connectivity index (χ2n) is 6.68. The molecule has 2 atom stereocenters. The Bertz CT molecular complexity index is 432. The van der Waals surface area contributed by atoms with Crippen molar-refractivity contribution in [2.45, 2.75) is 43.5 Å². The van der Waals surface area contributed by atoms with Gasteiger partial charge < -0.3 is 9.84 Å². The van der Waals surface area contributed by atoms with Crippen molar-refractivity contribution in [3.05, 3.63) is 0 Å². The average molecular weight is 340 g/mol. The lowest BCUT2D eigenvalue weighted by Crippen LogP contribution is -2.56. The van der Waals surface area contributed by atoms with Crippen LogP contribution >= 0.6 is 12.0 Å². The number of aliphatic hydroxyl groups is 1. The van der Waals surface area contributed by atoms with E-state index in [2.05, 4.69) is 9.37 Å². The molecular formula is C13H18F2O6S. The highest BCUT2D eigenvalue weighted by molar-refractivity contribution is 7.95. The van der Waals surface area contributed by atoms with Gasteiger partial charge >= 0.3 is 11.2 Å². The summed E-state index contributed by atoms with van der Waals surface area (Å²) in [4.78, 5) is 12.4. The van der Waals surface area contributed by atoms with E-state index in [1.807, 2.05) is 0 Å². The van der Waals surface area contributed by atoms with Crippen molar-refractivity contribution in [3.63, 3.8) is 0 Å². The lowest BCUT2D eigenvalue weighted by molar-refractivity contribution is -0.433. The molecule has 126 valence electrons. The van der Waals surface area contributed by atoms with Crippen LogP contribution in [0.5, 0.6) is 0 Å². The molecular weight excluding hydrogens is 322 g/mol. The molecule has 0 aliphatic heterocycles. The molecule has 6 nitrogen and oxygen atoms in total. The van der Waals surface area contributed by atoms with Gasteiger partial charge in [0.25, 0.3) is 0 Å². The maximum Gasteiger partial charge on any atom is 0.354 e. The van der Waals surface area contributed by atoms with Crippen LogP contribution in [-0.4, -0.2) is 34.3 Å². The number of hydrogen-bond donors (Lipinski definition) is 2. The largest absolute Gasteiger partial charge is 0.458 e. The molecule has 4 bridgehead atoms. The highest BCUT2D eigenvalue weighted by Gasteiger charge is 2.59. The lowest BCUT2D eigenvalue weighted by atomic mass is 9.48. The van der Waals surface area contributed by atoms with E-state index in [9.17, 15) is 18.7 Å². The first-order chi connectivity index (χ1) is 10.4. The van der Waals surface area contributed by atoms with Crippen molar-refractivity contribution in [3.8, 4) is 0 Å². The molecule has 4 fully saturated rings. The first kappa shape index (κ1) is 16.4. The second-order valence-corrected chi connectivity index (χ2v) is 7.58. The minimum Gasteiger partial charge on any atom is -0.458 e. The zero-order valence-electron chi connectivity index (χ0n) is 11.7. The van der Waals surface area contributed by atoms with Gasteiger partial charge in [-0.05, 0) is 49.9 Å². The Morgan fingerprint density at radius 1 is 1.27 bits per heavy atom. The van der Waals surface area contributed by atoms with Gasteiger partial charge in [-0.2, -0.15) is 8.78 Å². The number of ether oxygens (including phenoxy) is 1. The predicted molar refractivity (Wildman–Crippen MR) is 70.3 cm³/mol. The van der Waals surface area contributed by atoms with E-state index in [1.54, 1.807) is 0 Å². The van der Waals surface area contributed by atoms with Crippen molar-refractivity contribution in [2.24, 2.45) is 23.2 Å². The number of carbonyl (C=O) groups is 1. The maximum atomic E-state index is 13.3. The van der Waals surface area contributed by atoms with E-state index in [1.165, 1.54) is 0 Å². The first-order valence-electron chi connectivity index (χ1n) is 7.24. The zero-order chi connectivity index (χ0) is 16.0. The molecule has 0 aromatic rings. The molecule has 0 amide bonds. The van der Waals surface area contributed by atoms with Gasteiger partial charge in [-0.15, -0.1) is 4.33 Å². The van der Waals surface area contributed by atoms with Crippen molar-refractivity contribution < 1.29 is 38.0 Å². The van der Waals surface area contributed by atoms with E-state index in [0.717, 1.165) is 12.8 Å². The number of alkyl halides is 2. The van der Waals surface area contributed by atoms with Gasteiger partial charge in [0.15, 0.2) is 6.61 Å². The number of rotatable bonds is 6. The van der Waals surface area contributed by atoms with Crippen LogP contribution in [0.3, 0.4) is 0 Å². The molecule has 0 heterocycles. The number of carbonyl (C=O) groups excluding carboxylic acids is 1. The highest BCUT2D eigenvalue weighted by atomic mass is 32.2. The van der Waals surface area contributed by atoms with Crippen LogP contribution in [0.4, 0.5) is 8.78 Å². The number of hydrogen-bond acceptors (Lipinski definition) is 7. The van der Waals surface area contributed by atoms with Gasteiger partial charge in [0.2, 0.25) is 0 Å². The van der Waals surface area contributed by atoms with Crippen LogP contribution in [0.2, 0.25) is 0 Å². The van der Waals surface area contributed by atoms with Crippen molar-refractivity contribution in [1.82, 2.24) is 0 Å². The Kier molecular flexibility index (Phi) is 4.36. The molecule has 2 unspecified atom stereocenters. The third-order valence-electron chi connectivity index (χ3n) is 5.21. The summed E-state index contributed by atoms with van der Waals surface area (Å²) in [6, 6.07) is 0. The quantitative estimate of drug-likeness (QED) is 0.332. The van der Waals surface area contributed by atoms with Crippen LogP contribution in [0.25, 0.3) is 0 Å². The van der Waals surface area contributed by atoms with E-state index in [4.69, 9.17) is 9.99 Å². The molecule has 0 saturated heterocycles. The summed E-state index contributed by atoms with van der Waals surface area (Å²) in [5.41, 5.74) is -0.731. The van der Waals surface area contributed by atoms with Crippen LogP contribution in [0, 0.1) is 23.2 Å². The van der Waals surface area contributed by atoms with E-state index in [0.29, 0.717) is 25.2 Å². The van der Waals surface area contributed by atoms with Gasteiger partial charge in [-0.25, -0.2) is 5.26 Å². The maximum absolute atomic E-state index is 13.3.